The summed E-state index contributed by atoms with van der Waals surface area (Å²) in [6.45, 7) is 2.92. The fourth-order valence-electron chi connectivity index (χ4n) is 1.22. The zero-order chi connectivity index (χ0) is 13.5. The van der Waals surface area contributed by atoms with E-state index in [1.165, 1.54) is 0 Å². The highest BCUT2D eigenvalue weighted by Gasteiger charge is 2.57. The first kappa shape index (κ1) is 16.6. The molecule has 0 aromatic rings. The van der Waals surface area contributed by atoms with Gasteiger partial charge in [-0.2, -0.15) is 22.0 Å². The highest BCUT2D eigenvalue weighted by molar-refractivity contribution is 4.74. The van der Waals surface area contributed by atoms with Crippen LogP contribution < -0.4 is 5.32 Å². The molecule has 1 atom stereocenters. The number of ether oxygens (including phenoxy) is 1. The molecular formula is C10H18F5NO. The van der Waals surface area contributed by atoms with Gasteiger partial charge in [-0.25, -0.2) is 0 Å². The quantitative estimate of drug-likeness (QED) is 0.537. The Bertz CT molecular complexity index is 207. The molecule has 7 heteroatoms. The molecule has 17 heavy (non-hydrogen) atoms. The molecule has 1 unspecified atom stereocenters. The average Bonchev–Trinajstić information content (AvgIpc) is 2.15. The Labute approximate surface area is 97.5 Å². The van der Waals surface area contributed by atoms with Crippen LogP contribution in [0.3, 0.4) is 0 Å². The summed E-state index contributed by atoms with van der Waals surface area (Å²) >= 11 is 0. The Balaban J connectivity index is 3.65. The van der Waals surface area contributed by atoms with Crippen molar-refractivity contribution in [3.8, 4) is 0 Å². The SMILES string of the molecule is CCNC(C)CCCOCC(F)(F)C(F)(F)F. The minimum Gasteiger partial charge on any atom is -0.375 e. The van der Waals surface area contributed by atoms with E-state index in [2.05, 4.69) is 10.1 Å². The molecule has 0 rings (SSSR count). The van der Waals surface area contributed by atoms with E-state index in [4.69, 9.17) is 0 Å². The van der Waals surface area contributed by atoms with Crippen LogP contribution in [0.5, 0.6) is 0 Å². The molecule has 0 spiro atoms. The van der Waals surface area contributed by atoms with Crippen LogP contribution >= 0.6 is 0 Å². The minimum atomic E-state index is -5.54. The van der Waals surface area contributed by atoms with E-state index in [-0.39, 0.29) is 12.6 Å². The average molecular weight is 263 g/mol. The molecule has 2 nitrogen and oxygen atoms in total. The van der Waals surface area contributed by atoms with Crippen molar-refractivity contribution in [2.24, 2.45) is 0 Å². The van der Waals surface area contributed by atoms with E-state index < -0.39 is 18.7 Å². The van der Waals surface area contributed by atoms with E-state index in [9.17, 15) is 22.0 Å². The first-order valence-corrected chi connectivity index (χ1v) is 5.46. The van der Waals surface area contributed by atoms with Gasteiger partial charge in [0, 0.05) is 12.6 Å². The second-order valence-electron chi connectivity index (χ2n) is 3.86. The van der Waals surface area contributed by atoms with Gasteiger partial charge < -0.3 is 10.1 Å². The van der Waals surface area contributed by atoms with E-state index >= 15 is 0 Å². The minimum absolute atomic E-state index is 0.0958. The highest BCUT2D eigenvalue weighted by Crippen LogP contribution is 2.35. The van der Waals surface area contributed by atoms with Crippen LogP contribution in [0.15, 0.2) is 0 Å². The molecule has 0 aliphatic carbocycles. The fraction of sp³-hybridized carbons (Fsp3) is 1.00. The van der Waals surface area contributed by atoms with E-state index in [1.807, 2.05) is 13.8 Å². The molecule has 0 saturated carbocycles. The number of nitrogens with one attached hydrogen (secondary N) is 1. The summed E-state index contributed by atoms with van der Waals surface area (Å²) in [5.41, 5.74) is 0. The maximum Gasteiger partial charge on any atom is 0.455 e. The summed E-state index contributed by atoms with van der Waals surface area (Å²) in [6.07, 6.45) is -4.42. The number of hydrogen-bond donors (Lipinski definition) is 1. The second kappa shape index (κ2) is 7.10. The van der Waals surface area contributed by atoms with Gasteiger partial charge in [0.1, 0.15) is 6.61 Å². The lowest BCUT2D eigenvalue weighted by molar-refractivity contribution is -0.296. The molecule has 0 aliphatic rings. The van der Waals surface area contributed by atoms with Crippen molar-refractivity contribution in [3.05, 3.63) is 0 Å². The fourth-order valence-corrected chi connectivity index (χ4v) is 1.22. The molecule has 0 fully saturated rings. The lowest BCUT2D eigenvalue weighted by Crippen LogP contribution is -2.40. The van der Waals surface area contributed by atoms with Gasteiger partial charge >= 0.3 is 12.1 Å². The van der Waals surface area contributed by atoms with Gasteiger partial charge in [0.15, 0.2) is 0 Å². The molecular weight excluding hydrogens is 245 g/mol. The maximum atomic E-state index is 12.4. The largest absolute Gasteiger partial charge is 0.455 e. The van der Waals surface area contributed by atoms with Crippen molar-refractivity contribution >= 4 is 0 Å². The molecule has 0 radical (unpaired) electrons. The van der Waals surface area contributed by atoms with Crippen LogP contribution in [0.25, 0.3) is 0 Å². The Morgan fingerprint density at radius 2 is 1.76 bits per heavy atom. The molecule has 0 amide bonds. The Morgan fingerprint density at radius 1 is 1.18 bits per heavy atom. The zero-order valence-electron chi connectivity index (χ0n) is 9.91. The first-order chi connectivity index (χ1) is 7.70. The van der Waals surface area contributed by atoms with Crippen LogP contribution in [-0.2, 0) is 4.74 Å². The van der Waals surface area contributed by atoms with E-state index in [0.717, 1.165) is 6.54 Å². The molecule has 0 aliphatic heterocycles. The first-order valence-electron chi connectivity index (χ1n) is 5.46. The molecule has 0 saturated heterocycles. The predicted octanol–water partition coefficient (Wildman–Crippen LogP) is 2.98. The predicted molar refractivity (Wildman–Crippen MR) is 54.2 cm³/mol. The number of alkyl halides is 5. The van der Waals surface area contributed by atoms with Crippen molar-refractivity contribution in [2.45, 2.75) is 44.8 Å². The highest BCUT2D eigenvalue weighted by atomic mass is 19.4. The van der Waals surface area contributed by atoms with Crippen LogP contribution in [-0.4, -0.2) is 37.9 Å². The molecule has 0 heterocycles. The lowest BCUT2D eigenvalue weighted by atomic mass is 10.2. The van der Waals surface area contributed by atoms with E-state index in [1.54, 1.807) is 0 Å². The monoisotopic (exact) mass is 263 g/mol. The molecule has 104 valence electrons. The molecule has 0 aromatic carbocycles. The van der Waals surface area contributed by atoms with Gasteiger partial charge in [-0.1, -0.05) is 6.92 Å². The normalized spacial score (nSPS) is 15.0. The third-order valence-corrected chi connectivity index (χ3v) is 2.18. The van der Waals surface area contributed by atoms with Gasteiger partial charge in [-0.3, -0.25) is 0 Å². The molecule has 0 bridgehead atoms. The van der Waals surface area contributed by atoms with Gasteiger partial charge in [0.25, 0.3) is 0 Å². The van der Waals surface area contributed by atoms with Crippen LogP contribution in [0, 0.1) is 0 Å². The van der Waals surface area contributed by atoms with Crippen molar-refractivity contribution < 1.29 is 26.7 Å². The maximum absolute atomic E-state index is 12.4. The summed E-state index contributed by atoms with van der Waals surface area (Å²) in [6, 6.07) is 0.201. The van der Waals surface area contributed by atoms with Crippen molar-refractivity contribution in [1.29, 1.82) is 0 Å². The van der Waals surface area contributed by atoms with Crippen molar-refractivity contribution in [1.82, 2.24) is 5.32 Å². The summed E-state index contributed by atoms with van der Waals surface area (Å²) in [4.78, 5) is 0. The lowest BCUT2D eigenvalue weighted by Gasteiger charge is -2.19. The van der Waals surface area contributed by atoms with Crippen molar-refractivity contribution in [2.75, 3.05) is 19.8 Å². The number of hydrogen-bond acceptors (Lipinski definition) is 2. The van der Waals surface area contributed by atoms with Crippen LogP contribution in [0.4, 0.5) is 22.0 Å². The summed E-state index contributed by atoms with van der Waals surface area (Å²) in [7, 11) is 0. The van der Waals surface area contributed by atoms with E-state index in [0.29, 0.717) is 12.8 Å². The van der Waals surface area contributed by atoms with Gasteiger partial charge in [0.2, 0.25) is 0 Å². The number of halogens is 5. The zero-order valence-corrected chi connectivity index (χ0v) is 9.91. The van der Waals surface area contributed by atoms with Gasteiger partial charge in [0.05, 0.1) is 0 Å². The second-order valence-corrected chi connectivity index (χ2v) is 3.86. The van der Waals surface area contributed by atoms with Crippen molar-refractivity contribution in [3.63, 3.8) is 0 Å². The Morgan fingerprint density at radius 3 is 2.24 bits per heavy atom. The van der Waals surface area contributed by atoms with Crippen LogP contribution in [0.2, 0.25) is 0 Å². The van der Waals surface area contributed by atoms with Crippen LogP contribution in [0.1, 0.15) is 26.7 Å². The smallest absolute Gasteiger partial charge is 0.375 e. The summed E-state index contributed by atoms with van der Waals surface area (Å²) in [5, 5.41) is 3.09. The topological polar surface area (TPSA) is 21.3 Å². The number of rotatable bonds is 8. The summed E-state index contributed by atoms with van der Waals surface area (Å²) < 4.78 is 64.3. The Kier molecular flexibility index (Phi) is 6.92. The molecule has 0 aromatic heterocycles. The van der Waals surface area contributed by atoms with Gasteiger partial charge in [-0.15, -0.1) is 0 Å². The summed E-state index contributed by atoms with van der Waals surface area (Å²) in [5.74, 6) is -4.76. The Hall–Kier alpha value is -0.430. The molecule has 1 N–H and O–H groups in total. The van der Waals surface area contributed by atoms with Gasteiger partial charge in [-0.05, 0) is 26.3 Å². The standard InChI is InChI=1S/C10H18F5NO/c1-3-16-8(2)5-4-6-17-7-9(11,12)10(13,14)15/h8,16H,3-7H2,1-2H3. The third kappa shape index (κ3) is 6.78. The third-order valence-electron chi connectivity index (χ3n) is 2.18.